The fourth-order valence-electron chi connectivity index (χ4n) is 1.71. The Morgan fingerprint density at radius 3 is 2.71 bits per heavy atom. The number of hydrogen-bond donors (Lipinski definition) is 1. The third-order valence-electron chi connectivity index (χ3n) is 2.57. The summed E-state index contributed by atoms with van der Waals surface area (Å²) in [6, 6.07) is 0. The second-order valence-corrected chi connectivity index (χ2v) is 3.84. The van der Waals surface area contributed by atoms with E-state index >= 15 is 0 Å². The van der Waals surface area contributed by atoms with Crippen LogP contribution < -0.4 is 0 Å². The summed E-state index contributed by atoms with van der Waals surface area (Å²) in [6.07, 6.45) is -0.522. The maximum absolute atomic E-state index is 11.6. The zero-order valence-electron chi connectivity index (χ0n) is 10.2. The average Bonchev–Trinajstić information content (AvgIpc) is 2.31. The molecule has 0 bridgehead atoms. The van der Waals surface area contributed by atoms with Crippen LogP contribution in [0.4, 0.5) is 4.79 Å². The standard InChI is InChI=1S/C11H17NO5/c1-4-17-10(14)8-6-12(11(15)16-3)5-7(2)9(8)13/h7,13H,4-6H2,1-3H3. The first-order valence-corrected chi connectivity index (χ1v) is 5.43. The Morgan fingerprint density at radius 1 is 1.53 bits per heavy atom. The van der Waals surface area contributed by atoms with Crippen molar-refractivity contribution in [3.63, 3.8) is 0 Å². The summed E-state index contributed by atoms with van der Waals surface area (Å²) in [4.78, 5) is 24.3. The number of aliphatic hydroxyl groups excluding tert-OH is 1. The lowest BCUT2D eigenvalue weighted by molar-refractivity contribution is -0.139. The fourth-order valence-corrected chi connectivity index (χ4v) is 1.71. The van der Waals surface area contributed by atoms with Gasteiger partial charge in [0.1, 0.15) is 5.76 Å². The monoisotopic (exact) mass is 243 g/mol. The summed E-state index contributed by atoms with van der Waals surface area (Å²) in [5.41, 5.74) is 0.121. The van der Waals surface area contributed by atoms with Gasteiger partial charge in [0, 0.05) is 12.5 Å². The fraction of sp³-hybridized carbons (Fsp3) is 0.636. The molecule has 0 fully saturated rings. The van der Waals surface area contributed by atoms with Crippen molar-refractivity contribution in [2.45, 2.75) is 13.8 Å². The van der Waals surface area contributed by atoms with E-state index < -0.39 is 12.1 Å². The Hall–Kier alpha value is -1.72. The van der Waals surface area contributed by atoms with Gasteiger partial charge in [-0.05, 0) is 6.92 Å². The van der Waals surface area contributed by atoms with Gasteiger partial charge in [0.2, 0.25) is 0 Å². The number of ether oxygens (including phenoxy) is 2. The lowest BCUT2D eigenvalue weighted by Crippen LogP contribution is -2.42. The van der Waals surface area contributed by atoms with Crippen molar-refractivity contribution < 1.29 is 24.2 Å². The Balaban J connectivity index is 2.89. The van der Waals surface area contributed by atoms with Gasteiger partial charge in [0.05, 0.1) is 25.8 Å². The van der Waals surface area contributed by atoms with Crippen LogP contribution in [0.5, 0.6) is 0 Å². The Kier molecular flexibility index (Phi) is 4.37. The molecule has 96 valence electrons. The molecule has 1 unspecified atom stereocenters. The second kappa shape index (κ2) is 5.56. The van der Waals surface area contributed by atoms with Crippen molar-refractivity contribution in [2.24, 2.45) is 5.92 Å². The number of aliphatic hydroxyl groups is 1. The van der Waals surface area contributed by atoms with Crippen LogP contribution >= 0.6 is 0 Å². The van der Waals surface area contributed by atoms with Crippen molar-refractivity contribution >= 4 is 12.1 Å². The van der Waals surface area contributed by atoms with E-state index in [9.17, 15) is 14.7 Å². The summed E-state index contributed by atoms with van der Waals surface area (Å²) >= 11 is 0. The van der Waals surface area contributed by atoms with Crippen LogP contribution in [0, 0.1) is 5.92 Å². The van der Waals surface area contributed by atoms with Crippen LogP contribution in [0.2, 0.25) is 0 Å². The normalized spacial score (nSPS) is 20.2. The summed E-state index contributed by atoms with van der Waals surface area (Å²) < 4.78 is 9.42. The van der Waals surface area contributed by atoms with Crippen LogP contribution in [0.3, 0.4) is 0 Å². The van der Waals surface area contributed by atoms with Gasteiger partial charge in [-0.2, -0.15) is 0 Å². The minimum absolute atomic E-state index is 0.0106. The Bertz CT molecular complexity index is 350. The summed E-state index contributed by atoms with van der Waals surface area (Å²) in [6.45, 7) is 3.97. The molecule has 6 heteroatoms. The first kappa shape index (κ1) is 13.3. The van der Waals surface area contributed by atoms with Crippen molar-refractivity contribution in [2.75, 3.05) is 26.8 Å². The third kappa shape index (κ3) is 2.89. The Morgan fingerprint density at radius 2 is 2.18 bits per heavy atom. The van der Waals surface area contributed by atoms with E-state index in [1.807, 2.05) is 0 Å². The molecule has 0 saturated heterocycles. The predicted molar refractivity (Wildman–Crippen MR) is 59.4 cm³/mol. The molecule has 0 radical (unpaired) electrons. The number of esters is 1. The molecule has 1 rings (SSSR count). The second-order valence-electron chi connectivity index (χ2n) is 3.84. The summed E-state index contributed by atoms with van der Waals surface area (Å²) in [5.74, 6) is -0.906. The molecule has 0 saturated carbocycles. The number of carbonyl (C=O) groups is 2. The van der Waals surface area contributed by atoms with Crippen LogP contribution in [0.1, 0.15) is 13.8 Å². The van der Waals surface area contributed by atoms with Gasteiger partial charge >= 0.3 is 12.1 Å². The zero-order valence-corrected chi connectivity index (χ0v) is 10.2. The maximum Gasteiger partial charge on any atom is 0.409 e. The predicted octanol–water partition coefficient (Wildman–Crippen LogP) is 1.08. The van der Waals surface area contributed by atoms with Gasteiger partial charge in [0.25, 0.3) is 0 Å². The van der Waals surface area contributed by atoms with Gasteiger partial charge in [-0.15, -0.1) is 0 Å². The molecule has 1 heterocycles. The lowest BCUT2D eigenvalue weighted by atomic mass is 9.99. The topological polar surface area (TPSA) is 76.1 Å². The molecule has 1 amide bonds. The van der Waals surface area contributed by atoms with Gasteiger partial charge in [-0.1, -0.05) is 6.92 Å². The average molecular weight is 243 g/mol. The van der Waals surface area contributed by atoms with E-state index in [-0.39, 0.29) is 30.4 Å². The Labute approximate surface area is 99.8 Å². The molecule has 1 N–H and O–H groups in total. The number of methoxy groups -OCH3 is 1. The molecule has 0 aromatic carbocycles. The molecule has 0 aromatic rings. The number of hydrogen-bond acceptors (Lipinski definition) is 5. The number of rotatable bonds is 2. The maximum atomic E-state index is 11.6. The summed E-state index contributed by atoms with van der Waals surface area (Å²) in [5, 5.41) is 9.81. The highest BCUT2D eigenvalue weighted by atomic mass is 16.5. The van der Waals surface area contributed by atoms with Crippen LogP contribution in [-0.4, -0.2) is 48.9 Å². The minimum Gasteiger partial charge on any atom is -0.511 e. The summed E-state index contributed by atoms with van der Waals surface area (Å²) in [7, 11) is 1.27. The van der Waals surface area contributed by atoms with Crippen molar-refractivity contribution in [1.29, 1.82) is 0 Å². The smallest absolute Gasteiger partial charge is 0.409 e. The van der Waals surface area contributed by atoms with Crippen molar-refractivity contribution in [3.05, 3.63) is 11.3 Å². The third-order valence-corrected chi connectivity index (χ3v) is 2.57. The first-order chi connectivity index (χ1) is 8.01. The highest BCUT2D eigenvalue weighted by molar-refractivity contribution is 5.90. The number of amides is 1. The van der Waals surface area contributed by atoms with Gasteiger partial charge < -0.3 is 19.5 Å². The van der Waals surface area contributed by atoms with Crippen LogP contribution in [0.15, 0.2) is 11.3 Å². The van der Waals surface area contributed by atoms with Gasteiger partial charge in [-0.25, -0.2) is 9.59 Å². The van der Waals surface area contributed by atoms with Crippen LogP contribution in [-0.2, 0) is 14.3 Å². The molecule has 1 aliphatic heterocycles. The van der Waals surface area contributed by atoms with Gasteiger partial charge in [0.15, 0.2) is 0 Å². The van der Waals surface area contributed by atoms with Crippen LogP contribution in [0.25, 0.3) is 0 Å². The zero-order chi connectivity index (χ0) is 13.0. The van der Waals surface area contributed by atoms with E-state index in [0.29, 0.717) is 6.54 Å². The van der Waals surface area contributed by atoms with E-state index in [0.717, 1.165) is 0 Å². The minimum atomic E-state index is -0.592. The van der Waals surface area contributed by atoms with E-state index in [4.69, 9.17) is 4.74 Å². The number of carbonyl (C=O) groups excluding carboxylic acids is 2. The molecular weight excluding hydrogens is 226 g/mol. The molecular formula is C11H17NO5. The van der Waals surface area contributed by atoms with Crippen molar-refractivity contribution in [3.8, 4) is 0 Å². The van der Waals surface area contributed by atoms with Crippen molar-refractivity contribution in [1.82, 2.24) is 4.90 Å². The highest BCUT2D eigenvalue weighted by Gasteiger charge is 2.32. The number of nitrogens with zero attached hydrogens (tertiary/aromatic N) is 1. The van der Waals surface area contributed by atoms with E-state index in [1.165, 1.54) is 12.0 Å². The SMILES string of the molecule is CCOC(=O)C1=C(O)C(C)CN(C(=O)OC)C1. The lowest BCUT2D eigenvalue weighted by Gasteiger charge is -2.30. The largest absolute Gasteiger partial charge is 0.511 e. The van der Waals surface area contributed by atoms with Gasteiger partial charge in [-0.3, -0.25) is 0 Å². The molecule has 1 aliphatic rings. The van der Waals surface area contributed by atoms with E-state index in [2.05, 4.69) is 4.74 Å². The molecule has 6 nitrogen and oxygen atoms in total. The molecule has 17 heavy (non-hydrogen) atoms. The molecule has 0 spiro atoms. The van der Waals surface area contributed by atoms with E-state index in [1.54, 1.807) is 13.8 Å². The molecule has 0 aromatic heterocycles. The molecule has 1 atom stereocenters. The quantitative estimate of drug-likeness (QED) is 0.734. The first-order valence-electron chi connectivity index (χ1n) is 5.43. The molecule has 0 aliphatic carbocycles. The highest BCUT2D eigenvalue weighted by Crippen LogP contribution is 2.22.